The van der Waals surface area contributed by atoms with Gasteiger partial charge in [-0.05, 0) is 69.0 Å². The molecule has 1 atom stereocenters. The van der Waals surface area contributed by atoms with Gasteiger partial charge >= 0.3 is 0 Å². The molecule has 1 unspecified atom stereocenters. The van der Waals surface area contributed by atoms with Crippen LogP contribution in [0.1, 0.15) is 32.6 Å². The van der Waals surface area contributed by atoms with Crippen molar-refractivity contribution in [2.75, 3.05) is 42.6 Å². The molecule has 3 aliphatic heterocycles. The summed E-state index contributed by atoms with van der Waals surface area (Å²) in [6.45, 7) is 4.91. The van der Waals surface area contributed by atoms with Gasteiger partial charge in [-0.3, -0.25) is 4.79 Å². The van der Waals surface area contributed by atoms with Crippen LogP contribution in [0, 0.1) is 5.92 Å². The zero-order valence-corrected chi connectivity index (χ0v) is 19.8. The molecule has 176 valence electrons. The first-order valence-corrected chi connectivity index (χ1v) is 13.3. The summed E-state index contributed by atoms with van der Waals surface area (Å²) in [4.78, 5) is 18.2. The lowest BCUT2D eigenvalue weighted by molar-refractivity contribution is -0.123. The van der Waals surface area contributed by atoms with Crippen LogP contribution in [0.5, 0.6) is 5.75 Å². The third-order valence-electron chi connectivity index (χ3n) is 7.09. The van der Waals surface area contributed by atoms with Gasteiger partial charge in [0.2, 0.25) is 15.9 Å². The van der Waals surface area contributed by atoms with Crippen LogP contribution in [-0.4, -0.2) is 57.5 Å². The van der Waals surface area contributed by atoms with Gasteiger partial charge in [-0.1, -0.05) is 12.1 Å². The number of carbonyl (C=O) groups excluding carboxylic acids is 1. The molecule has 2 aromatic rings. The molecule has 0 aromatic heterocycles. The van der Waals surface area contributed by atoms with E-state index in [0.29, 0.717) is 44.3 Å². The standard InChI is InChI=1S/C25H31N3O4S/c1-2-32-21-9-11-22(12-10-21)33(30,31)26-16-13-19(14-17-26)25(29)28-18-20-6-5-15-27(20)23-7-3-4-8-24(23)28/h3-4,7-12,19-20H,2,5-6,13-18H2,1H3. The molecule has 7 nitrogen and oxygen atoms in total. The quantitative estimate of drug-likeness (QED) is 0.670. The molecule has 5 rings (SSSR count). The second-order valence-corrected chi connectivity index (χ2v) is 10.9. The monoisotopic (exact) mass is 469 g/mol. The van der Waals surface area contributed by atoms with Gasteiger partial charge in [0.05, 0.1) is 22.9 Å². The summed E-state index contributed by atoms with van der Waals surface area (Å²) < 4.78 is 33.1. The molecule has 2 fully saturated rings. The van der Waals surface area contributed by atoms with Gasteiger partial charge in [0.15, 0.2) is 0 Å². The highest BCUT2D eigenvalue weighted by molar-refractivity contribution is 7.89. The summed E-state index contributed by atoms with van der Waals surface area (Å²) in [6, 6.07) is 15.1. The molecule has 1 amide bonds. The summed E-state index contributed by atoms with van der Waals surface area (Å²) in [5.74, 6) is 0.633. The third-order valence-corrected chi connectivity index (χ3v) is 9.01. The van der Waals surface area contributed by atoms with Crippen molar-refractivity contribution < 1.29 is 17.9 Å². The lowest BCUT2D eigenvalue weighted by Gasteiger charge is -2.42. The lowest BCUT2D eigenvalue weighted by Crippen LogP contribution is -2.51. The molecule has 3 heterocycles. The highest BCUT2D eigenvalue weighted by Crippen LogP contribution is 2.40. The Morgan fingerprint density at radius 3 is 2.36 bits per heavy atom. The number of benzene rings is 2. The summed E-state index contributed by atoms with van der Waals surface area (Å²) in [7, 11) is -3.58. The van der Waals surface area contributed by atoms with Gasteiger partial charge < -0.3 is 14.5 Å². The molecule has 0 N–H and O–H groups in total. The number of ether oxygens (including phenoxy) is 1. The van der Waals surface area contributed by atoms with Gasteiger partial charge in [0.25, 0.3) is 0 Å². The van der Waals surface area contributed by atoms with E-state index in [1.165, 1.54) is 4.31 Å². The van der Waals surface area contributed by atoms with E-state index in [9.17, 15) is 13.2 Å². The molecule has 3 aliphatic rings. The van der Waals surface area contributed by atoms with E-state index < -0.39 is 10.0 Å². The van der Waals surface area contributed by atoms with Crippen molar-refractivity contribution in [1.29, 1.82) is 0 Å². The number of piperidine rings is 1. The molecule has 33 heavy (non-hydrogen) atoms. The van der Waals surface area contributed by atoms with E-state index in [1.54, 1.807) is 24.3 Å². The maximum atomic E-state index is 13.6. The fourth-order valence-electron chi connectivity index (χ4n) is 5.38. The largest absolute Gasteiger partial charge is 0.494 e. The molecule has 2 saturated heterocycles. The van der Waals surface area contributed by atoms with Crippen molar-refractivity contribution in [3.63, 3.8) is 0 Å². The molecular weight excluding hydrogens is 438 g/mol. The average molecular weight is 470 g/mol. The number of fused-ring (bicyclic) bond motifs is 3. The molecule has 0 bridgehead atoms. The number of rotatable bonds is 5. The summed E-state index contributed by atoms with van der Waals surface area (Å²) in [5.41, 5.74) is 2.14. The molecular formula is C25H31N3O4S. The van der Waals surface area contributed by atoms with Gasteiger partial charge in [-0.25, -0.2) is 8.42 Å². The number of carbonyl (C=O) groups is 1. The first-order valence-electron chi connectivity index (χ1n) is 11.9. The second kappa shape index (κ2) is 8.99. The van der Waals surface area contributed by atoms with E-state index in [1.807, 2.05) is 30.0 Å². The van der Waals surface area contributed by atoms with Crippen LogP contribution >= 0.6 is 0 Å². The average Bonchev–Trinajstić information content (AvgIpc) is 3.33. The first kappa shape index (κ1) is 22.2. The van der Waals surface area contributed by atoms with Gasteiger partial charge in [-0.15, -0.1) is 0 Å². The van der Waals surface area contributed by atoms with Gasteiger partial charge in [0.1, 0.15) is 5.75 Å². The van der Waals surface area contributed by atoms with Gasteiger partial charge in [0, 0.05) is 38.1 Å². The zero-order chi connectivity index (χ0) is 23.0. The minimum Gasteiger partial charge on any atom is -0.494 e. The minimum atomic E-state index is -3.58. The lowest BCUT2D eigenvalue weighted by atomic mass is 9.95. The summed E-state index contributed by atoms with van der Waals surface area (Å²) >= 11 is 0. The van der Waals surface area contributed by atoms with Gasteiger partial charge in [-0.2, -0.15) is 4.31 Å². The predicted molar refractivity (Wildman–Crippen MR) is 128 cm³/mol. The number of anilines is 2. The van der Waals surface area contributed by atoms with E-state index in [0.717, 1.165) is 37.3 Å². The summed E-state index contributed by atoms with van der Waals surface area (Å²) in [5, 5.41) is 0. The fraction of sp³-hybridized carbons (Fsp3) is 0.480. The van der Waals surface area contributed by atoms with Crippen molar-refractivity contribution in [2.45, 2.75) is 43.5 Å². The van der Waals surface area contributed by atoms with Crippen LogP contribution in [0.2, 0.25) is 0 Å². The SMILES string of the molecule is CCOc1ccc(S(=O)(=O)N2CCC(C(=O)N3CC4CCCN4c4ccccc43)CC2)cc1. The van der Waals surface area contributed by atoms with Crippen molar-refractivity contribution in [2.24, 2.45) is 5.92 Å². The first-order chi connectivity index (χ1) is 16.0. The highest BCUT2D eigenvalue weighted by atomic mass is 32.2. The number of hydrogen-bond acceptors (Lipinski definition) is 5. The third kappa shape index (κ3) is 4.10. The Balaban J connectivity index is 1.27. The van der Waals surface area contributed by atoms with Crippen molar-refractivity contribution in [1.82, 2.24) is 4.31 Å². The number of hydrogen-bond donors (Lipinski definition) is 0. The van der Waals surface area contributed by atoms with E-state index in [4.69, 9.17) is 4.74 Å². The highest BCUT2D eigenvalue weighted by Gasteiger charge is 2.39. The molecule has 8 heteroatoms. The number of sulfonamides is 1. The molecule has 0 radical (unpaired) electrons. The van der Waals surface area contributed by atoms with Crippen molar-refractivity contribution in [3.8, 4) is 5.75 Å². The van der Waals surface area contributed by atoms with E-state index in [2.05, 4.69) is 11.0 Å². The number of nitrogens with zero attached hydrogens (tertiary/aromatic N) is 3. The van der Waals surface area contributed by atoms with Crippen LogP contribution < -0.4 is 14.5 Å². The summed E-state index contributed by atoms with van der Waals surface area (Å²) in [6.07, 6.45) is 3.35. The topological polar surface area (TPSA) is 70.2 Å². The normalized spacial score (nSPS) is 21.5. The zero-order valence-electron chi connectivity index (χ0n) is 19.0. The maximum absolute atomic E-state index is 13.6. The van der Waals surface area contributed by atoms with Crippen LogP contribution in [0.25, 0.3) is 0 Å². The van der Waals surface area contributed by atoms with Crippen LogP contribution in [0.4, 0.5) is 11.4 Å². The molecule has 0 spiro atoms. The molecule has 0 aliphatic carbocycles. The van der Waals surface area contributed by atoms with Crippen LogP contribution in [-0.2, 0) is 14.8 Å². The van der Waals surface area contributed by atoms with Crippen molar-refractivity contribution >= 4 is 27.3 Å². The number of para-hydroxylation sites is 2. The fourth-order valence-corrected chi connectivity index (χ4v) is 6.85. The smallest absolute Gasteiger partial charge is 0.243 e. The Kier molecular flexibility index (Phi) is 6.05. The Morgan fingerprint density at radius 1 is 0.970 bits per heavy atom. The molecule has 2 aromatic carbocycles. The van der Waals surface area contributed by atoms with Crippen LogP contribution in [0.15, 0.2) is 53.4 Å². The maximum Gasteiger partial charge on any atom is 0.243 e. The number of amides is 1. The molecule has 0 saturated carbocycles. The van der Waals surface area contributed by atoms with E-state index in [-0.39, 0.29) is 16.7 Å². The van der Waals surface area contributed by atoms with Crippen LogP contribution in [0.3, 0.4) is 0 Å². The minimum absolute atomic E-state index is 0.132. The second-order valence-electron chi connectivity index (χ2n) is 9.01. The Morgan fingerprint density at radius 2 is 1.67 bits per heavy atom. The Bertz CT molecular complexity index is 1110. The van der Waals surface area contributed by atoms with Crippen molar-refractivity contribution in [3.05, 3.63) is 48.5 Å². The Labute approximate surface area is 196 Å². The predicted octanol–water partition coefficient (Wildman–Crippen LogP) is 3.50. The van der Waals surface area contributed by atoms with E-state index >= 15 is 0 Å². The Hall–Kier alpha value is -2.58.